The first-order valence-corrected chi connectivity index (χ1v) is 12.1. The number of ketones is 1. The standard InChI is InChI=1S/C22H36OP/c1-5-8-16-24(17-9-6-2,18-10-7-3)22(19-20(4)23)21-14-12-11-13-15-21/h11-15,19H,5-10,16-18H2,1-4H3/q+1/b22-19+. The molecule has 0 saturated carbocycles. The van der Waals surface area contributed by atoms with E-state index in [9.17, 15) is 4.79 Å². The van der Waals surface area contributed by atoms with Gasteiger partial charge in [0.2, 0.25) is 0 Å². The third kappa shape index (κ3) is 6.52. The highest BCUT2D eigenvalue weighted by molar-refractivity contribution is 7.85. The minimum absolute atomic E-state index is 0.197. The zero-order valence-corrected chi connectivity index (χ0v) is 17.1. The first kappa shape index (κ1) is 21.1. The third-order valence-electron chi connectivity index (χ3n) is 4.74. The van der Waals surface area contributed by atoms with Crippen LogP contribution < -0.4 is 0 Å². The van der Waals surface area contributed by atoms with Gasteiger partial charge >= 0.3 is 0 Å². The van der Waals surface area contributed by atoms with Gasteiger partial charge in [-0.1, -0.05) is 70.4 Å². The second-order valence-electron chi connectivity index (χ2n) is 6.88. The summed E-state index contributed by atoms with van der Waals surface area (Å²) in [5.74, 6) is 0.197. The van der Waals surface area contributed by atoms with Crippen molar-refractivity contribution in [2.45, 2.75) is 66.2 Å². The number of hydrogen-bond donors (Lipinski definition) is 0. The number of rotatable bonds is 12. The number of unbranched alkanes of at least 4 members (excludes halogenated alkanes) is 3. The van der Waals surface area contributed by atoms with E-state index in [0.717, 1.165) is 0 Å². The van der Waals surface area contributed by atoms with Crippen LogP contribution in [0.2, 0.25) is 0 Å². The van der Waals surface area contributed by atoms with Crippen LogP contribution in [-0.2, 0) is 4.79 Å². The van der Waals surface area contributed by atoms with E-state index in [0.29, 0.717) is 0 Å². The summed E-state index contributed by atoms with van der Waals surface area (Å²) in [5, 5.41) is 1.39. The van der Waals surface area contributed by atoms with Gasteiger partial charge in [0.05, 0.1) is 18.5 Å². The van der Waals surface area contributed by atoms with Gasteiger partial charge in [-0.3, -0.25) is 4.79 Å². The van der Waals surface area contributed by atoms with Crippen LogP contribution in [0.5, 0.6) is 0 Å². The zero-order chi connectivity index (χ0) is 17.8. The highest BCUT2D eigenvalue weighted by Crippen LogP contribution is 2.70. The lowest BCUT2D eigenvalue weighted by molar-refractivity contribution is -0.112. The molecule has 1 nitrogen and oxygen atoms in total. The number of carbonyl (C=O) groups is 1. The molecule has 0 heterocycles. The summed E-state index contributed by atoms with van der Waals surface area (Å²) >= 11 is 0. The van der Waals surface area contributed by atoms with Crippen LogP contribution in [0.4, 0.5) is 0 Å². The Bertz CT molecular complexity index is 482. The van der Waals surface area contributed by atoms with Crippen molar-refractivity contribution in [3.63, 3.8) is 0 Å². The van der Waals surface area contributed by atoms with Crippen molar-refractivity contribution >= 4 is 18.4 Å². The third-order valence-corrected chi connectivity index (χ3v) is 9.67. The fourth-order valence-electron chi connectivity index (χ4n) is 3.37. The summed E-state index contributed by atoms with van der Waals surface area (Å²) in [7, 11) is -1.29. The van der Waals surface area contributed by atoms with Crippen LogP contribution in [0.3, 0.4) is 0 Å². The Morgan fingerprint density at radius 1 is 0.875 bits per heavy atom. The molecule has 2 heteroatoms. The number of allylic oxidation sites excluding steroid dienone is 1. The molecule has 0 N–H and O–H groups in total. The Labute approximate surface area is 150 Å². The predicted octanol–water partition coefficient (Wildman–Crippen LogP) is 7.03. The molecule has 0 fully saturated rings. The van der Waals surface area contributed by atoms with Crippen molar-refractivity contribution in [3.8, 4) is 0 Å². The maximum Gasteiger partial charge on any atom is 0.156 e. The van der Waals surface area contributed by atoms with Crippen LogP contribution in [0, 0.1) is 0 Å². The summed E-state index contributed by atoms with van der Waals surface area (Å²) < 4.78 is 0. The van der Waals surface area contributed by atoms with E-state index < -0.39 is 7.26 Å². The lowest BCUT2D eigenvalue weighted by Crippen LogP contribution is -2.12. The molecule has 1 rings (SSSR count). The SMILES string of the molecule is CCCC[P+](CCCC)(CCCC)/C(=C/C(C)=O)c1ccccc1. The van der Waals surface area contributed by atoms with Crippen molar-refractivity contribution < 1.29 is 4.79 Å². The molecule has 0 bridgehead atoms. The van der Waals surface area contributed by atoms with E-state index in [1.807, 2.05) is 6.08 Å². The molecular formula is C22H36OP+. The molecule has 0 unspecified atom stereocenters. The Morgan fingerprint density at radius 3 is 1.71 bits per heavy atom. The summed E-state index contributed by atoms with van der Waals surface area (Å²) in [4.78, 5) is 12.0. The van der Waals surface area contributed by atoms with Crippen LogP contribution in [0.25, 0.3) is 5.31 Å². The topological polar surface area (TPSA) is 17.1 Å². The molecule has 134 valence electrons. The largest absolute Gasteiger partial charge is 0.295 e. The van der Waals surface area contributed by atoms with Crippen LogP contribution in [-0.4, -0.2) is 24.3 Å². The summed E-state index contributed by atoms with van der Waals surface area (Å²) in [6.07, 6.45) is 13.4. The van der Waals surface area contributed by atoms with E-state index in [4.69, 9.17) is 0 Å². The van der Waals surface area contributed by atoms with Crippen LogP contribution in [0.1, 0.15) is 71.8 Å². The Balaban J connectivity index is 3.37. The van der Waals surface area contributed by atoms with Gasteiger partial charge in [-0.2, -0.15) is 0 Å². The van der Waals surface area contributed by atoms with Crippen LogP contribution >= 0.6 is 7.26 Å². The van der Waals surface area contributed by atoms with E-state index in [-0.39, 0.29) is 5.78 Å². The van der Waals surface area contributed by atoms with Crippen molar-refractivity contribution in [1.82, 2.24) is 0 Å². The molecule has 0 aliphatic rings. The molecule has 0 radical (unpaired) electrons. The molecule has 0 aliphatic heterocycles. The minimum atomic E-state index is -1.29. The fraction of sp³-hybridized carbons (Fsp3) is 0.591. The van der Waals surface area contributed by atoms with Gasteiger partial charge in [-0.25, -0.2) is 0 Å². The van der Waals surface area contributed by atoms with Crippen molar-refractivity contribution in [3.05, 3.63) is 42.0 Å². The highest BCUT2D eigenvalue weighted by atomic mass is 31.2. The van der Waals surface area contributed by atoms with Crippen LogP contribution in [0.15, 0.2) is 36.4 Å². The Hall–Kier alpha value is -0.940. The van der Waals surface area contributed by atoms with E-state index in [1.165, 1.54) is 67.9 Å². The fourth-order valence-corrected chi connectivity index (χ4v) is 8.69. The average Bonchev–Trinajstić information content (AvgIpc) is 2.60. The predicted molar refractivity (Wildman–Crippen MR) is 111 cm³/mol. The van der Waals surface area contributed by atoms with Crippen molar-refractivity contribution in [2.75, 3.05) is 18.5 Å². The minimum Gasteiger partial charge on any atom is -0.295 e. The van der Waals surface area contributed by atoms with E-state index in [1.54, 1.807) is 6.92 Å². The second kappa shape index (κ2) is 11.6. The summed E-state index contributed by atoms with van der Waals surface area (Å²) in [6.45, 7) is 8.55. The normalized spacial score (nSPS) is 12.4. The van der Waals surface area contributed by atoms with Gasteiger partial charge < -0.3 is 0 Å². The molecule has 0 aromatic heterocycles. The molecule has 1 aromatic carbocycles. The molecular weight excluding hydrogens is 311 g/mol. The molecule has 0 aliphatic carbocycles. The molecule has 0 spiro atoms. The first-order chi connectivity index (χ1) is 11.6. The Kier molecular flexibility index (Phi) is 10.2. The first-order valence-electron chi connectivity index (χ1n) is 9.74. The maximum absolute atomic E-state index is 12.0. The van der Waals surface area contributed by atoms with Crippen molar-refractivity contribution in [2.24, 2.45) is 0 Å². The summed E-state index contributed by atoms with van der Waals surface area (Å²) in [6, 6.07) is 10.7. The smallest absolute Gasteiger partial charge is 0.156 e. The van der Waals surface area contributed by atoms with Gasteiger partial charge in [0.15, 0.2) is 5.78 Å². The van der Waals surface area contributed by atoms with E-state index in [2.05, 4.69) is 51.1 Å². The van der Waals surface area contributed by atoms with Gasteiger partial charge in [-0.15, -0.1) is 0 Å². The second-order valence-corrected chi connectivity index (χ2v) is 11.0. The number of hydrogen-bond acceptors (Lipinski definition) is 1. The molecule has 1 aromatic rings. The van der Waals surface area contributed by atoms with Gasteiger partial charge in [0.1, 0.15) is 5.31 Å². The molecule has 0 saturated heterocycles. The zero-order valence-electron chi connectivity index (χ0n) is 16.2. The maximum atomic E-state index is 12.0. The van der Waals surface area contributed by atoms with E-state index >= 15 is 0 Å². The molecule has 0 atom stereocenters. The monoisotopic (exact) mass is 347 g/mol. The lowest BCUT2D eigenvalue weighted by Gasteiger charge is -2.30. The van der Waals surface area contributed by atoms with Gasteiger partial charge in [0, 0.05) is 18.9 Å². The lowest BCUT2D eigenvalue weighted by atomic mass is 10.2. The average molecular weight is 348 g/mol. The van der Waals surface area contributed by atoms with Gasteiger partial charge in [0.25, 0.3) is 0 Å². The Morgan fingerprint density at radius 2 is 1.33 bits per heavy atom. The quantitative estimate of drug-likeness (QED) is 0.293. The number of benzene rings is 1. The number of carbonyl (C=O) groups excluding carboxylic acids is 1. The molecule has 0 amide bonds. The van der Waals surface area contributed by atoms with Gasteiger partial charge in [-0.05, 0) is 26.2 Å². The van der Waals surface area contributed by atoms with Crippen molar-refractivity contribution in [1.29, 1.82) is 0 Å². The summed E-state index contributed by atoms with van der Waals surface area (Å²) in [5.41, 5.74) is 1.28. The highest BCUT2D eigenvalue weighted by Gasteiger charge is 2.41. The molecule has 24 heavy (non-hydrogen) atoms.